The van der Waals surface area contributed by atoms with Crippen LogP contribution in [0.5, 0.6) is 5.75 Å². The van der Waals surface area contributed by atoms with Gasteiger partial charge in [-0.3, -0.25) is 0 Å². The number of benzene rings is 1. The molecule has 4 heteroatoms. The first-order valence-electron chi connectivity index (χ1n) is 10.2. The molecule has 1 aliphatic heterocycles. The molecular weight excluding hydrogens is 328 g/mol. The molecule has 0 saturated carbocycles. The van der Waals surface area contributed by atoms with Crippen LogP contribution >= 0.6 is 0 Å². The van der Waals surface area contributed by atoms with Crippen molar-refractivity contribution in [1.82, 2.24) is 0 Å². The maximum atomic E-state index is 5.78. The fourth-order valence-electron chi connectivity index (χ4n) is 3.42. The Morgan fingerprint density at radius 3 is 2.62 bits per heavy atom. The summed E-state index contributed by atoms with van der Waals surface area (Å²) in [6.45, 7) is 4.11. The maximum Gasteiger partial charge on any atom is 0.188 e. The van der Waals surface area contributed by atoms with Crippen molar-refractivity contribution in [2.45, 2.75) is 77.4 Å². The Kier molecular flexibility index (Phi) is 10.7. The number of rotatable bonds is 13. The van der Waals surface area contributed by atoms with Crippen LogP contribution in [0.4, 0.5) is 0 Å². The van der Waals surface area contributed by atoms with Gasteiger partial charge in [-0.15, -0.1) is 0 Å². The molecule has 0 spiro atoms. The van der Waals surface area contributed by atoms with Crippen LogP contribution in [0.2, 0.25) is 0 Å². The second-order valence-corrected chi connectivity index (χ2v) is 7.15. The zero-order chi connectivity index (χ0) is 18.5. The Hall–Kier alpha value is -1.10. The van der Waals surface area contributed by atoms with Crippen molar-refractivity contribution in [3.05, 3.63) is 29.3 Å². The predicted octanol–water partition coefficient (Wildman–Crippen LogP) is 5.40. The summed E-state index contributed by atoms with van der Waals surface area (Å²) >= 11 is 0. The van der Waals surface area contributed by atoms with Gasteiger partial charge >= 0.3 is 0 Å². The monoisotopic (exact) mass is 364 g/mol. The zero-order valence-corrected chi connectivity index (χ0v) is 16.6. The highest BCUT2D eigenvalue weighted by Gasteiger charge is 2.13. The molecule has 0 aromatic heterocycles. The number of aryl methyl sites for hydroxylation is 2. The van der Waals surface area contributed by atoms with E-state index in [1.54, 1.807) is 7.11 Å². The number of unbranched alkanes of at least 4 members (excludes halogenated alkanes) is 5. The molecule has 1 heterocycles. The lowest BCUT2D eigenvalue weighted by molar-refractivity contribution is -0.162. The smallest absolute Gasteiger partial charge is 0.188 e. The molecule has 0 amide bonds. The van der Waals surface area contributed by atoms with Crippen molar-refractivity contribution >= 4 is 0 Å². The topological polar surface area (TPSA) is 36.9 Å². The first-order chi connectivity index (χ1) is 12.8. The molecule has 1 atom stereocenters. The first-order valence-corrected chi connectivity index (χ1v) is 10.2. The van der Waals surface area contributed by atoms with Gasteiger partial charge in [0.1, 0.15) is 5.75 Å². The highest BCUT2D eigenvalue weighted by Crippen LogP contribution is 2.25. The fourth-order valence-corrected chi connectivity index (χ4v) is 3.42. The molecule has 2 rings (SSSR count). The molecule has 4 nitrogen and oxygen atoms in total. The third kappa shape index (κ3) is 8.07. The lowest BCUT2D eigenvalue weighted by Crippen LogP contribution is -2.22. The third-order valence-electron chi connectivity index (χ3n) is 4.90. The van der Waals surface area contributed by atoms with Gasteiger partial charge < -0.3 is 18.9 Å². The summed E-state index contributed by atoms with van der Waals surface area (Å²) in [5, 5.41) is 0. The van der Waals surface area contributed by atoms with Crippen LogP contribution in [0.15, 0.2) is 18.2 Å². The minimum absolute atomic E-state index is 0.0626. The molecule has 1 aliphatic rings. The van der Waals surface area contributed by atoms with Gasteiger partial charge in [-0.05, 0) is 56.6 Å². The summed E-state index contributed by atoms with van der Waals surface area (Å²) in [7, 11) is 1.66. The Morgan fingerprint density at radius 2 is 1.85 bits per heavy atom. The molecule has 1 aromatic carbocycles. The molecule has 26 heavy (non-hydrogen) atoms. The Balaban J connectivity index is 1.50. The van der Waals surface area contributed by atoms with Crippen LogP contribution in [0.3, 0.4) is 0 Å². The van der Waals surface area contributed by atoms with E-state index in [1.165, 1.54) is 56.1 Å². The van der Waals surface area contributed by atoms with E-state index in [0.717, 1.165) is 38.2 Å². The average molecular weight is 365 g/mol. The molecule has 0 radical (unpaired) electrons. The van der Waals surface area contributed by atoms with Crippen LogP contribution in [0.25, 0.3) is 0 Å². The SMILES string of the molecule is COCOc1c(C)cccc1CCCCCCCCOC1CCCCO1. The molecule has 1 fully saturated rings. The highest BCUT2D eigenvalue weighted by atomic mass is 16.7. The van der Waals surface area contributed by atoms with Crippen molar-refractivity contribution in [2.24, 2.45) is 0 Å². The lowest BCUT2D eigenvalue weighted by atomic mass is 10.0. The number of hydrogen-bond donors (Lipinski definition) is 0. The van der Waals surface area contributed by atoms with E-state index in [-0.39, 0.29) is 6.29 Å². The molecule has 0 aliphatic carbocycles. The van der Waals surface area contributed by atoms with E-state index in [4.69, 9.17) is 18.9 Å². The van der Waals surface area contributed by atoms with E-state index in [2.05, 4.69) is 25.1 Å². The van der Waals surface area contributed by atoms with Crippen LogP contribution in [0, 0.1) is 6.92 Å². The van der Waals surface area contributed by atoms with Gasteiger partial charge in [-0.25, -0.2) is 0 Å². The quantitative estimate of drug-likeness (QED) is 0.347. The van der Waals surface area contributed by atoms with Crippen molar-refractivity contribution in [1.29, 1.82) is 0 Å². The van der Waals surface area contributed by atoms with Crippen molar-refractivity contribution in [3.63, 3.8) is 0 Å². The van der Waals surface area contributed by atoms with Gasteiger partial charge in [0.05, 0.1) is 0 Å². The number of hydrogen-bond acceptors (Lipinski definition) is 4. The summed E-state index contributed by atoms with van der Waals surface area (Å²) in [4.78, 5) is 0. The molecule has 0 bridgehead atoms. The number of para-hydroxylation sites is 1. The standard InChI is InChI=1S/C22H36O4/c1-19-12-11-14-20(22(19)26-18-23-2)13-7-5-3-4-6-9-16-24-21-15-8-10-17-25-21/h11-12,14,21H,3-10,13,15-18H2,1-2H3. The summed E-state index contributed by atoms with van der Waals surface area (Å²) < 4.78 is 22.1. The normalized spacial score (nSPS) is 17.4. The Labute approximate surface area is 159 Å². The van der Waals surface area contributed by atoms with E-state index < -0.39 is 0 Å². The van der Waals surface area contributed by atoms with E-state index in [1.807, 2.05) is 0 Å². The highest BCUT2D eigenvalue weighted by molar-refractivity contribution is 5.40. The van der Waals surface area contributed by atoms with Crippen molar-refractivity contribution in [3.8, 4) is 5.75 Å². The van der Waals surface area contributed by atoms with Crippen molar-refractivity contribution in [2.75, 3.05) is 27.1 Å². The van der Waals surface area contributed by atoms with E-state index >= 15 is 0 Å². The van der Waals surface area contributed by atoms with Crippen LogP contribution in [0.1, 0.15) is 68.9 Å². The molecule has 148 valence electrons. The van der Waals surface area contributed by atoms with E-state index in [9.17, 15) is 0 Å². The van der Waals surface area contributed by atoms with Crippen LogP contribution in [-0.2, 0) is 20.6 Å². The number of methoxy groups -OCH3 is 1. The molecular formula is C22H36O4. The van der Waals surface area contributed by atoms with Crippen LogP contribution < -0.4 is 4.74 Å². The predicted molar refractivity (Wildman–Crippen MR) is 105 cm³/mol. The van der Waals surface area contributed by atoms with Gasteiger partial charge in [0.2, 0.25) is 0 Å². The summed E-state index contributed by atoms with van der Waals surface area (Å²) in [5.41, 5.74) is 2.48. The zero-order valence-electron chi connectivity index (χ0n) is 16.6. The molecule has 1 unspecified atom stereocenters. The van der Waals surface area contributed by atoms with Gasteiger partial charge in [0.15, 0.2) is 13.1 Å². The van der Waals surface area contributed by atoms with Gasteiger partial charge in [0, 0.05) is 20.3 Å². The summed E-state index contributed by atoms with van der Waals surface area (Å²) in [6.07, 6.45) is 12.1. The number of ether oxygens (including phenoxy) is 4. The molecule has 1 aromatic rings. The van der Waals surface area contributed by atoms with Gasteiger partial charge in [0.25, 0.3) is 0 Å². The van der Waals surface area contributed by atoms with Crippen LogP contribution in [-0.4, -0.2) is 33.4 Å². The third-order valence-corrected chi connectivity index (χ3v) is 4.90. The largest absolute Gasteiger partial charge is 0.467 e. The van der Waals surface area contributed by atoms with Gasteiger partial charge in [-0.2, -0.15) is 0 Å². The van der Waals surface area contributed by atoms with Crippen molar-refractivity contribution < 1.29 is 18.9 Å². The first kappa shape index (κ1) is 21.2. The Morgan fingerprint density at radius 1 is 1.04 bits per heavy atom. The maximum absolute atomic E-state index is 5.78. The minimum Gasteiger partial charge on any atom is -0.467 e. The second-order valence-electron chi connectivity index (χ2n) is 7.15. The molecule has 1 saturated heterocycles. The minimum atomic E-state index is 0.0626. The Bertz CT molecular complexity index is 483. The average Bonchev–Trinajstić information content (AvgIpc) is 2.67. The van der Waals surface area contributed by atoms with E-state index in [0.29, 0.717) is 6.79 Å². The lowest BCUT2D eigenvalue weighted by Gasteiger charge is -2.22. The second kappa shape index (κ2) is 13.1. The molecule has 0 N–H and O–H groups in total. The van der Waals surface area contributed by atoms with Gasteiger partial charge in [-0.1, -0.05) is 43.9 Å². The fraction of sp³-hybridized carbons (Fsp3) is 0.727. The summed E-state index contributed by atoms with van der Waals surface area (Å²) in [6, 6.07) is 6.37. The summed E-state index contributed by atoms with van der Waals surface area (Å²) in [5.74, 6) is 0.997.